The molecule has 5 nitrogen and oxygen atoms in total. The normalized spacial score (nSPS) is 11.8. The zero-order valence-electron chi connectivity index (χ0n) is 18.1. The van der Waals surface area contributed by atoms with Gasteiger partial charge in [-0.25, -0.2) is 9.78 Å². The number of rotatable bonds is 4. The average molecular weight is 402 g/mol. The average Bonchev–Trinajstić information content (AvgIpc) is 2.93. The number of imidazole rings is 1. The number of hydrogen-bond donors (Lipinski definition) is 0. The first-order valence-corrected chi connectivity index (χ1v) is 10.1. The van der Waals surface area contributed by atoms with Crippen LogP contribution in [-0.2, 0) is 13.6 Å². The molecule has 0 fully saturated rings. The van der Waals surface area contributed by atoms with Crippen molar-refractivity contribution in [3.8, 4) is 22.8 Å². The smallest absolute Gasteiger partial charge is 0.328 e. The Labute approximate surface area is 176 Å². The van der Waals surface area contributed by atoms with E-state index in [1.165, 1.54) is 0 Å². The molecule has 5 heteroatoms. The number of hydrogen-bond acceptors (Lipinski definition) is 3. The second-order valence-electron chi connectivity index (χ2n) is 8.94. The highest BCUT2D eigenvalue weighted by atomic mass is 16.5. The van der Waals surface area contributed by atoms with Gasteiger partial charge in [0.25, 0.3) is 0 Å². The lowest BCUT2D eigenvalue weighted by Crippen LogP contribution is -2.27. The molecule has 0 atom stereocenters. The minimum atomic E-state index is 0.0148. The Bertz CT molecular complexity index is 1260. The molecule has 4 aromatic rings. The van der Waals surface area contributed by atoms with Gasteiger partial charge in [-0.15, -0.1) is 0 Å². The predicted molar refractivity (Wildman–Crippen MR) is 121 cm³/mol. The van der Waals surface area contributed by atoms with E-state index in [0.29, 0.717) is 12.4 Å². The second-order valence-corrected chi connectivity index (χ2v) is 8.94. The van der Waals surface area contributed by atoms with Crippen LogP contribution in [-0.4, -0.2) is 14.1 Å². The molecular weight excluding hydrogens is 374 g/mol. The topological polar surface area (TPSA) is 49.1 Å². The first kappa shape index (κ1) is 20.0. The van der Waals surface area contributed by atoms with Crippen LogP contribution in [0.4, 0.5) is 0 Å². The minimum absolute atomic E-state index is 0.0148. The summed E-state index contributed by atoms with van der Waals surface area (Å²) in [7, 11) is 1.83. The summed E-state index contributed by atoms with van der Waals surface area (Å²) in [4.78, 5) is 17.1. The third-order valence-corrected chi connectivity index (χ3v) is 5.16. The maximum atomic E-state index is 12.8. The number of pyridine rings is 1. The summed E-state index contributed by atoms with van der Waals surface area (Å²) < 4.78 is 9.51. The Morgan fingerprint density at radius 3 is 2.50 bits per heavy atom. The van der Waals surface area contributed by atoms with Crippen molar-refractivity contribution in [1.29, 1.82) is 0 Å². The van der Waals surface area contributed by atoms with Crippen LogP contribution in [0.1, 0.15) is 26.3 Å². The highest BCUT2D eigenvalue weighted by Crippen LogP contribution is 2.32. The van der Waals surface area contributed by atoms with Gasteiger partial charge in [0.05, 0.1) is 11.0 Å². The molecule has 0 bridgehead atoms. The Morgan fingerprint density at radius 1 is 1.00 bits per heavy atom. The molecule has 0 amide bonds. The molecule has 0 aliphatic carbocycles. The van der Waals surface area contributed by atoms with Crippen LogP contribution in [0.2, 0.25) is 0 Å². The fourth-order valence-corrected chi connectivity index (χ4v) is 3.71. The van der Waals surface area contributed by atoms with E-state index >= 15 is 0 Å². The number of nitrogens with zero attached hydrogens (tertiary/aromatic N) is 3. The molecule has 0 radical (unpaired) electrons. The molecular formula is C25H27N3O2. The van der Waals surface area contributed by atoms with Crippen LogP contribution < -0.4 is 10.4 Å². The second kappa shape index (κ2) is 7.48. The predicted octanol–water partition coefficient (Wildman–Crippen LogP) is 5.55. The van der Waals surface area contributed by atoms with Crippen LogP contribution in [0.25, 0.3) is 22.2 Å². The van der Waals surface area contributed by atoms with Crippen LogP contribution in [0.3, 0.4) is 0 Å². The van der Waals surface area contributed by atoms with Gasteiger partial charge in [-0.2, -0.15) is 0 Å². The quantitative estimate of drug-likeness (QED) is 0.450. The molecule has 0 aliphatic rings. The molecule has 0 saturated heterocycles. The van der Waals surface area contributed by atoms with Crippen LogP contribution in [0, 0.1) is 12.3 Å². The lowest BCUT2D eigenvalue weighted by Gasteiger charge is -2.18. The zero-order valence-corrected chi connectivity index (χ0v) is 18.1. The molecule has 0 N–H and O–H groups in total. The summed E-state index contributed by atoms with van der Waals surface area (Å²) in [5.41, 5.74) is 5.18. The van der Waals surface area contributed by atoms with Crippen molar-refractivity contribution < 1.29 is 4.74 Å². The molecule has 2 aromatic heterocycles. The van der Waals surface area contributed by atoms with E-state index in [9.17, 15) is 4.79 Å². The zero-order chi connectivity index (χ0) is 21.5. The molecule has 154 valence electrons. The lowest BCUT2D eigenvalue weighted by molar-refractivity contribution is 0.342. The Hall–Kier alpha value is -3.34. The van der Waals surface area contributed by atoms with Gasteiger partial charge in [0.1, 0.15) is 5.75 Å². The fourth-order valence-electron chi connectivity index (χ4n) is 3.71. The van der Waals surface area contributed by atoms with Crippen molar-refractivity contribution >= 4 is 11.0 Å². The Morgan fingerprint density at radius 2 is 1.80 bits per heavy atom. The van der Waals surface area contributed by atoms with Crippen molar-refractivity contribution in [3.05, 3.63) is 76.8 Å². The van der Waals surface area contributed by atoms with E-state index in [0.717, 1.165) is 33.5 Å². The molecule has 2 heterocycles. The van der Waals surface area contributed by atoms with E-state index in [-0.39, 0.29) is 11.1 Å². The third-order valence-electron chi connectivity index (χ3n) is 5.16. The lowest BCUT2D eigenvalue weighted by atomic mass is 9.96. The van der Waals surface area contributed by atoms with Crippen LogP contribution in [0.5, 0.6) is 11.6 Å². The molecule has 0 aliphatic heterocycles. The molecule has 2 aromatic carbocycles. The molecule has 0 spiro atoms. The van der Waals surface area contributed by atoms with Crippen LogP contribution >= 0.6 is 0 Å². The van der Waals surface area contributed by atoms with Crippen molar-refractivity contribution in [1.82, 2.24) is 14.1 Å². The molecule has 0 unspecified atom stereocenters. The molecule has 0 saturated carbocycles. The summed E-state index contributed by atoms with van der Waals surface area (Å²) in [6.07, 6.45) is 1.71. The number of aryl methyl sites for hydroxylation is 2. The van der Waals surface area contributed by atoms with Gasteiger partial charge in [-0.1, -0.05) is 39.0 Å². The largest absolute Gasteiger partial charge is 0.439 e. The number of benzene rings is 2. The summed E-state index contributed by atoms with van der Waals surface area (Å²) in [6, 6.07) is 17.8. The first-order chi connectivity index (χ1) is 14.2. The summed E-state index contributed by atoms with van der Waals surface area (Å²) in [5.74, 6) is 1.29. The van der Waals surface area contributed by atoms with Gasteiger partial charge in [0.15, 0.2) is 0 Å². The van der Waals surface area contributed by atoms with Crippen LogP contribution in [0.15, 0.2) is 65.6 Å². The Kier molecular flexibility index (Phi) is 4.98. The van der Waals surface area contributed by atoms with Gasteiger partial charge in [-0.3, -0.25) is 9.13 Å². The van der Waals surface area contributed by atoms with Gasteiger partial charge < -0.3 is 4.74 Å². The number of aromatic nitrogens is 3. The van der Waals surface area contributed by atoms with E-state index in [2.05, 4.69) is 44.8 Å². The van der Waals surface area contributed by atoms with E-state index in [4.69, 9.17) is 4.74 Å². The van der Waals surface area contributed by atoms with E-state index in [1.54, 1.807) is 10.8 Å². The fraction of sp³-hybridized carbons (Fsp3) is 0.280. The third kappa shape index (κ3) is 3.88. The van der Waals surface area contributed by atoms with Gasteiger partial charge in [-0.05, 0) is 59.4 Å². The van der Waals surface area contributed by atoms with Crippen molar-refractivity contribution in [2.75, 3.05) is 0 Å². The first-order valence-electron chi connectivity index (χ1n) is 10.1. The van der Waals surface area contributed by atoms with Crippen molar-refractivity contribution in [3.63, 3.8) is 0 Å². The van der Waals surface area contributed by atoms with E-state index < -0.39 is 0 Å². The summed E-state index contributed by atoms with van der Waals surface area (Å²) >= 11 is 0. The highest BCUT2D eigenvalue weighted by Gasteiger charge is 2.18. The standard InChI is InChI=1S/C25H27N3O2/c1-17-9-11-19(30-23-8-6-7-13-26-23)15-20(17)18-10-12-21-22(14-18)27(5)24(29)28(21)16-25(2,3)4/h6-15H,16H2,1-5H3. The van der Waals surface area contributed by atoms with E-state index in [1.807, 2.05) is 54.1 Å². The van der Waals surface area contributed by atoms with Crippen molar-refractivity contribution in [2.45, 2.75) is 34.2 Å². The Balaban J connectivity index is 1.77. The number of fused-ring (bicyclic) bond motifs is 1. The maximum absolute atomic E-state index is 12.8. The SMILES string of the molecule is Cc1ccc(Oc2ccccn2)cc1-c1ccc2c(c1)n(C)c(=O)n2CC(C)(C)C. The molecule has 30 heavy (non-hydrogen) atoms. The highest BCUT2D eigenvalue weighted by molar-refractivity contribution is 5.83. The van der Waals surface area contributed by atoms with Gasteiger partial charge in [0, 0.05) is 25.9 Å². The monoisotopic (exact) mass is 401 g/mol. The summed E-state index contributed by atoms with van der Waals surface area (Å²) in [5, 5.41) is 0. The molecule has 4 rings (SSSR count). The number of ether oxygens (including phenoxy) is 1. The minimum Gasteiger partial charge on any atom is -0.439 e. The van der Waals surface area contributed by atoms with Gasteiger partial charge >= 0.3 is 5.69 Å². The summed E-state index contributed by atoms with van der Waals surface area (Å²) in [6.45, 7) is 9.18. The van der Waals surface area contributed by atoms with Crippen molar-refractivity contribution in [2.24, 2.45) is 12.5 Å². The van der Waals surface area contributed by atoms with Gasteiger partial charge in [0.2, 0.25) is 5.88 Å². The maximum Gasteiger partial charge on any atom is 0.328 e.